The smallest absolute Gasteiger partial charge is 0.253 e. The van der Waals surface area contributed by atoms with Gasteiger partial charge in [-0.15, -0.1) is 0 Å². The Morgan fingerprint density at radius 3 is 2.88 bits per heavy atom. The first-order valence-corrected chi connectivity index (χ1v) is 12.6. The molecule has 1 amide bonds. The first-order chi connectivity index (χ1) is 16.5. The van der Waals surface area contributed by atoms with Crippen LogP contribution in [0.25, 0.3) is 0 Å². The molecule has 3 N–H and O–H groups in total. The van der Waals surface area contributed by atoms with E-state index in [0.717, 1.165) is 62.7 Å². The molecule has 0 aromatic heterocycles. The highest BCUT2D eigenvalue weighted by atomic mass is 35.5. The highest BCUT2D eigenvalue weighted by Crippen LogP contribution is 2.33. The number of aliphatic hydroxyl groups excluding tert-OH is 1. The van der Waals surface area contributed by atoms with Crippen LogP contribution in [-0.4, -0.2) is 42.1 Å². The molecule has 6 nitrogen and oxygen atoms in total. The molecule has 2 aliphatic rings. The predicted molar refractivity (Wildman–Crippen MR) is 138 cm³/mol. The zero-order chi connectivity index (χ0) is 23.9. The maximum Gasteiger partial charge on any atom is 0.253 e. The van der Waals surface area contributed by atoms with Crippen LogP contribution in [-0.2, 0) is 6.42 Å². The number of amides is 1. The summed E-state index contributed by atoms with van der Waals surface area (Å²) in [5.74, 6) is -0.176. The molecule has 180 valence electrons. The van der Waals surface area contributed by atoms with Crippen LogP contribution < -0.4 is 10.6 Å². The van der Waals surface area contributed by atoms with Crippen molar-refractivity contribution in [3.63, 3.8) is 0 Å². The monoisotopic (exact) mass is 480 g/mol. The average Bonchev–Trinajstić information content (AvgIpc) is 3.26. The molecule has 7 heteroatoms. The number of aryl methyl sites for hydroxylation is 1. The number of benzene rings is 2. The van der Waals surface area contributed by atoms with E-state index < -0.39 is 6.23 Å². The highest BCUT2D eigenvalue weighted by Gasteiger charge is 2.26. The third-order valence-electron chi connectivity index (χ3n) is 6.67. The molecule has 0 saturated heterocycles. The van der Waals surface area contributed by atoms with Gasteiger partial charge in [-0.1, -0.05) is 42.8 Å². The number of aliphatic hydroxyl groups is 1. The standard InChI is InChI=1S/C27H33ClN4O2/c1-2-20(13-16-30-21-11-14-29-15-12-21)31-26(33)19-8-7-18-9-10-25(23(18)17-19)32-27(34)22-5-3-4-6-24(22)28/h3-8,14,17,20,25-26,31,33H,2,9-13,15-16H2,1H3,(H,32,34)/t20?,25-,26?/m1/s1. The number of hydrogen-bond acceptors (Lipinski definition) is 5. The number of nitrogens with zero attached hydrogens (tertiary/aromatic N) is 2. The van der Waals surface area contributed by atoms with E-state index in [1.54, 1.807) is 12.1 Å². The van der Waals surface area contributed by atoms with E-state index in [4.69, 9.17) is 16.6 Å². The van der Waals surface area contributed by atoms with E-state index in [9.17, 15) is 9.90 Å². The number of aliphatic imine (C=N–C) groups is 2. The average molecular weight is 481 g/mol. The molecular formula is C27H33ClN4O2. The van der Waals surface area contributed by atoms with Crippen molar-refractivity contribution in [1.82, 2.24) is 10.6 Å². The maximum absolute atomic E-state index is 12.8. The molecule has 0 fully saturated rings. The van der Waals surface area contributed by atoms with E-state index in [-0.39, 0.29) is 18.0 Å². The van der Waals surface area contributed by atoms with E-state index in [2.05, 4.69) is 28.6 Å². The topological polar surface area (TPSA) is 86.1 Å². The second kappa shape index (κ2) is 11.7. The van der Waals surface area contributed by atoms with E-state index in [1.807, 2.05) is 30.5 Å². The molecule has 0 radical (unpaired) electrons. The Labute approximate surface area is 206 Å². The third-order valence-corrected chi connectivity index (χ3v) is 7.00. The Kier molecular flexibility index (Phi) is 8.48. The minimum Gasteiger partial charge on any atom is -0.374 e. The largest absolute Gasteiger partial charge is 0.374 e. The van der Waals surface area contributed by atoms with E-state index >= 15 is 0 Å². The van der Waals surface area contributed by atoms with Gasteiger partial charge in [0, 0.05) is 43.9 Å². The summed E-state index contributed by atoms with van der Waals surface area (Å²) in [6.45, 7) is 3.71. The number of rotatable bonds is 9. The zero-order valence-electron chi connectivity index (χ0n) is 19.6. The third kappa shape index (κ3) is 6.12. The molecule has 3 atom stereocenters. The lowest BCUT2D eigenvalue weighted by molar-refractivity contribution is 0.0937. The summed E-state index contributed by atoms with van der Waals surface area (Å²) in [6, 6.07) is 13.2. The first kappa shape index (κ1) is 24.6. The molecule has 1 aliphatic heterocycles. The summed E-state index contributed by atoms with van der Waals surface area (Å²) in [5.41, 5.74) is 4.78. The summed E-state index contributed by atoms with van der Waals surface area (Å²) in [7, 11) is 0. The first-order valence-electron chi connectivity index (χ1n) is 12.2. The van der Waals surface area contributed by atoms with Gasteiger partial charge in [-0.3, -0.25) is 20.1 Å². The van der Waals surface area contributed by atoms with Crippen molar-refractivity contribution in [3.8, 4) is 0 Å². The normalized spacial score (nSPS) is 20.2. The summed E-state index contributed by atoms with van der Waals surface area (Å²) in [4.78, 5) is 21.7. The molecule has 0 bridgehead atoms. The van der Waals surface area contributed by atoms with Crippen LogP contribution in [0.4, 0.5) is 0 Å². The van der Waals surface area contributed by atoms with Crippen LogP contribution >= 0.6 is 11.6 Å². The van der Waals surface area contributed by atoms with Crippen molar-refractivity contribution in [2.24, 2.45) is 9.98 Å². The van der Waals surface area contributed by atoms with Crippen LogP contribution in [0.1, 0.15) is 78.3 Å². The molecule has 2 unspecified atom stereocenters. The van der Waals surface area contributed by atoms with Gasteiger partial charge in [0.15, 0.2) is 0 Å². The minimum atomic E-state index is -0.773. The van der Waals surface area contributed by atoms with Gasteiger partial charge < -0.3 is 10.4 Å². The summed E-state index contributed by atoms with van der Waals surface area (Å²) >= 11 is 6.20. The lowest BCUT2D eigenvalue weighted by Crippen LogP contribution is -2.33. The number of carbonyl (C=O) groups excluding carboxylic acids is 1. The van der Waals surface area contributed by atoms with Crippen LogP contribution in [0.15, 0.2) is 52.4 Å². The molecule has 4 rings (SSSR count). The number of halogens is 1. The Bertz CT molecular complexity index is 1070. The van der Waals surface area contributed by atoms with Crippen molar-refractivity contribution in [2.75, 3.05) is 13.1 Å². The Balaban J connectivity index is 1.37. The van der Waals surface area contributed by atoms with Gasteiger partial charge in [0.1, 0.15) is 6.23 Å². The second-order valence-electron chi connectivity index (χ2n) is 8.96. The highest BCUT2D eigenvalue weighted by molar-refractivity contribution is 6.33. The van der Waals surface area contributed by atoms with Crippen molar-refractivity contribution in [2.45, 2.75) is 63.8 Å². The number of carbonyl (C=O) groups is 1. The van der Waals surface area contributed by atoms with Crippen LogP contribution in [0.5, 0.6) is 0 Å². The summed E-state index contributed by atoms with van der Waals surface area (Å²) in [5, 5.41) is 17.8. The Morgan fingerprint density at radius 1 is 1.26 bits per heavy atom. The molecular weight excluding hydrogens is 448 g/mol. The Hall–Kier alpha value is -2.54. The molecule has 1 heterocycles. The number of hydrogen-bond donors (Lipinski definition) is 3. The van der Waals surface area contributed by atoms with Crippen molar-refractivity contribution < 1.29 is 9.90 Å². The Morgan fingerprint density at radius 2 is 2.12 bits per heavy atom. The fourth-order valence-corrected chi connectivity index (χ4v) is 4.85. The predicted octanol–water partition coefficient (Wildman–Crippen LogP) is 4.81. The second-order valence-corrected chi connectivity index (χ2v) is 9.36. The summed E-state index contributed by atoms with van der Waals surface area (Å²) < 4.78 is 0. The zero-order valence-corrected chi connectivity index (χ0v) is 20.4. The lowest BCUT2D eigenvalue weighted by Gasteiger charge is -2.22. The van der Waals surface area contributed by atoms with Gasteiger partial charge >= 0.3 is 0 Å². The van der Waals surface area contributed by atoms with Gasteiger partial charge in [0.05, 0.1) is 16.6 Å². The molecule has 1 aliphatic carbocycles. The van der Waals surface area contributed by atoms with Crippen molar-refractivity contribution in [1.29, 1.82) is 0 Å². The van der Waals surface area contributed by atoms with Gasteiger partial charge in [-0.25, -0.2) is 0 Å². The van der Waals surface area contributed by atoms with Gasteiger partial charge in [-0.05, 0) is 60.6 Å². The van der Waals surface area contributed by atoms with E-state index in [1.165, 1.54) is 11.3 Å². The van der Waals surface area contributed by atoms with Crippen molar-refractivity contribution >= 4 is 29.4 Å². The lowest BCUT2D eigenvalue weighted by atomic mass is 10.0. The fourth-order valence-electron chi connectivity index (χ4n) is 4.63. The quantitative estimate of drug-likeness (QED) is 0.450. The maximum atomic E-state index is 12.8. The van der Waals surface area contributed by atoms with Crippen LogP contribution in [0.2, 0.25) is 5.02 Å². The molecule has 34 heavy (non-hydrogen) atoms. The SMILES string of the molecule is CCC(CCN=C1CC=NCC1)NC(O)c1ccc2c(c1)[C@H](NC(=O)c1ccccc1Cl)CC2. The summed E-state index contributed by atoms with van der Waals surface area (Å²) in [6.07, 6.45) is 6.49. The van der Waals surface area contributed by atoms with Crippen LogP contribution in [0, 0.1) is 0 Å². The van der Waals surface area contributed by atoms with Gasteiger partial charge in [-0.2, -0.15) is 0 Å². The van der Waals surface area contributed by atoms with E-state index in [0.29, 0.717) is 10.6 Å². The number of nitrogens with one attached hydrogen (secondary N) is 2. The molecule has 0 spiro atoms. The van der Waals surface area contributed by atoms with Gasteiger partial charge in [0.2, 0.25) is 0 Å². The molecule has 2 aromatic carbocycles. The minimum absolute atomic E-state index is 0.0947. The van der Waals surface area contributed by atoms with Gasteiger partial charge in [0.25, 0.3) is 5.91 Å². The van der Waals surface area contributed by atoms with Crippen LogP contribution in [0.3, 0.4) is 0 Å². The molecule has 0 saturated carbocycles. The van der Waals surface area contributed by atoms with Crippen molar-refractivity contribution in [3.05, 3.63) is 69.7 Å². The molecule has 2 aromatic rings. The number of fused-ring (bicyclic) bond motifs is 1. The fraction of sp³-hybridized carbons (Fsp3) is 0.444.